The van der Waals surface area contributed by atoms with Crippen LogP contribution in [0.25, 0.3) is 0 Å². The second-order valence-electron chi connectivity index (χ2n) is 13.0. The fourth-order valence-corrected chi connectivity index (χ4v) is 7.35. The fraction of sp³-hybridized carbons (Fsp3) is 0.741. The second kappa shape index (κ2) is 12.4. The molecular formula is C27H49NO5S2Si. The highest BCUT2D eigenvalue weighted by Gasteiger charge is 2.48. The maximum atomic E-state index is 14.2. The highest BCUT2D eigenvalue weighted by atomic mass is 32.2. The van der Waals surface area contributed by atoms with E-state index < -0.39 is 63.3 Å². The quantitative estimate of drug-likeness (QED) is 0.216. The Morgan fingerprint density at radius 2 is 1.67 bits per heavy atom. The molecule has 0 aliphatic carbocycles. The Labute approximate surface area is 226 Å². The van der Waals surface area contributed by atoms with E-state index in [-0.39, 0.29) is 11.5 Å². The molecule has 9 heteroatoms. The van der Waals surface area contributed by atoms with E-state index in [1.165, 1.54) is 7.11 Å². The molecule has 0 spiro atoms. The summed E-state index contributed by atoms with van der Waals surface area (Å²) in [5.41, 5.74) is 1.90. The largest absolute Gasteiger partial charge is 0.598 e. The lowest BCUT2D eigenvalue weighted by atomic mass is 9.98. The third kappa shape index (κ3) is 9.24. The monoisotopic (exact) mass is 559 g/mol. The van der Waals surface area contributed by atoms with Crippen LogP contribution in [0.15, 0.2) is 24.3 Å². The van der Waals surface area contributed by atoms with Crippen molar-refractivity contribution in [3.63, 3.8) is 0 Å². The summed E-state index contributed by atoms with van der Waals surface area (Å²) in [6.45, 7) is 24.1. The van der Waals surface area contributed by atoms with Crippen molar-refractivity contribution >= 4 is 36.4 Å². The van der Waals surface area contributed by atoms with Crippen molar-refractivity contribution in [1.82, 2.24) is 4.72 Å². The van der Waals surface area contributed by atoms with E-state index in [1.54, 1.807) is 0 Å². The summed E-state index contributed by atoms with van der Waals surface area (Å²) in [6.07, 6.45) is -0.729. The van der Waals surface area contributed by atoms with Crippen molar-refractivity contribution < 1.29 is 22.7 Å². The smallest absolute Gasteiger partial charge is 0.308 e. The number of carbonyl (C=O) groups is 1. The van der Waals surface area contributed by atoms with Gasteiger partial charge in [-0.25, -0.2) is 0 Å². The molecule has 0 saturated heterocycles. The van der Waals surface area contributed by atoms with Gasteiger partial charge in [-0.05, 0) is 72.2 Å². The molecule has 0 heterocycles. The molecule has 0 fully saturated rings. The summed E-state index contributed by atoms with van der Waals surface area (Å²) >= 11 is -1.50. The summed E-state index contributed by atoms with van der Waals surface area (Å²) in [5.74, 6) is -0.420. The number of rotatable bonds is 10. The summed E-state index contributed by atoms with van der Waals surface area (Å²) in [4.78, 5) is 12.7. The van der Waals surface area contributed by atoms with Crippen LogP contribution >= 0.6 is 0 Å². The number of ether oxygens (including phenoxy) is 1. The minimum atomic E-state index is -2.39. The molecule has 1 aromatic rings. The van der Waals surface area contributed by atoms with Crippen LogP contribution in [0.1, 0.15) is 85.1 Å². The molecule has 1 N–H and O–H groups in total. The SMILES string of the molecule is COC(=O)C[C@H](O[Si](C)(C)C(C)(C)C)C(N[S+]([O-])C(C)(C)C)C(c1cccc(C)c1)[S@@](=O)C(C)(C)C. The lowest BCUT2D eigenvalue weighted by Gasteiger charge is -2.44. The van der Waals surface area contributed by atoms with Crippen molar-refractivity contribution in [2.45, 2.75) is 121 Å². The first-order valence-corrected chi connectivity index (χ1v) is 17.8. The number of carbonyl (C=O) groups excluding carboxylic acids is 1. The van der Waals surface area contributed by atoms with Crippen molar-refractivity contribution in [1.29, 1.82) is 0 Å². The van der Waals surface area contributed by atoms with Gasteiger partial charge in [0.2, 0.25) is 0 Å². The maximum Gasteiger partial charge on any atom is 0.308 e. The Kier molecular flexibility index (Phi) is 11.5. The van der Waals surface area contributed by atoms with Crippen molar-refractivity contribution in [2.75, 3.05) is 7.11 Å². The van der Waals surface area contributed by atoms with Gasteiger partial charge in [-0.1, -0.05) is 50.6 Å². The molecular weight excluding hydrogens is 511 g/mol. The standard InChI is InChI=1S/C27H49NO5S2Si/c1-19-15-14-16-20(17-19)24(34(30)25(2,3)4)23(28-35(31)26(5,6)7)21(18-22(29)32-11)33-36(12,13)27(8,9)10/h14-17,21,23-24,28H,18H2,1-13H3/t21-,23?,24?,34+,35?/m0/s1. The van der Waals surface area contributed by atoms with Gasteiger partial charge in [-0.3, -0.25) is 9.00 Å². The number of nitrogens with one attached hydrogen (secondary N) is 1. The average Bonchev–Trinajstić information content (AvgIpc) is 2.70. The molecule has 36 heavy (non-hydrogen) atoms. The van der Waals surface area contributed by atoms with E-state index in [2.05, 4.69) is 38.6 Å². The van der Waals surface area contributed by atoms with Crippen LogP contribution in [0.2, 0.25) is 18.1 Å². The Bertz CT molecular complexity index is 903. The summed E-state index contributed by atoms with van der Waals surface area (Å²) in [7, 11) is -2.45. The molecule has 1 aromatic carbocycles. The first-order chi connectivity index (χ1) is 16.1. The molecule has 0 aromatic heterocycles. The van der Waals surface area contributed by atoms with Crippen LogP contribution in [-0.2, 0) is 36.1 Å². The van der Waals surface area contributed by atoms with Crippen LogP contribution < -0.4 is 4.72 Å². The van der Waals surface area contributed by atoms with Gasteiger partial charge in [-0.2, -0.15) is 0 Å². The average molecular weight is 560 g/mol. The molecule has 6 nitrogen and oxygen atoms in total. The third-order valence-corrected chi connectivity index (χ3v) is 14.9. The fourth-order valence-electron chi connectivity index (χ4n) is 3.37. The number of methoxy groups -OCH3 is 1. The number of esters is 1. The highest BCUT2D eigenvalue weighted by Crippen LogP contribution is 2.41. The lowest BCUT2D eigenvalue weighted by Crippen LogP contribution is -2.58. The van der Waals surface area contributed by atoms with Gasteiger partial charge in [-0.15, -0.1) is 4.72 Å². The summed E-state index contributed by atoms with van der Waals surface area (Å²) in [6, 6.07) is 7.25. The van der Waals surface area contributed by atoms with Crippen molar-refractivity contribution in [2.24, 2.45) is 0 Å². The highest BCUT2D eigenvalue weighted by molar-refractivity contribution is 7.91. The molecule has 0 aliphatic heterocycles. The van der Waals surface area contributed by atoms with E-state index in [9.17, 15) is 13.6 Å². The van der Waals surface area contributed by atoms with E-state index in [1.807, 2.05) is 72.7 Å². The zero-order valence-electron chi connectivity index (χ0n) is 24.6. The first kappa shape index (κ1) is 33.3. The van der Waals surface area contributed by atoms with Crippen LogP contribution in [-0.4, -0.2) is 51.8 Å². The van der Waals surface area contributed by atoms with E-state index in [0.717, 1.165) is 11.1 Å². The van der Waals surface area contributed by atoms with E-state index in [4.69, 9.17) is 9.16 Å². The predicted molar refractivity (Wildman–Crippen MR) is 155 cm³/mol. The van der Waals surface area contributed by atoms with Crippen molar-refractivity contribution in [3.8, 4) is 0 Å². The molecule has 0 bridgehead atoms. The van der Waals surface area contributed by atoms with Gasteiger partial charge >= 0.3 is 5.97 Å². The third-order valence-electron chi connectivity index (χ3n) is 6.58. The Morgan fingerprint density at radius 3 is 2.08 bits per heavy atom. The zero-order chi connectivity index (χ0) is 28.3. The van der Waals surface area contributed by atoms with Crippen molar-refractivity contribution in [3.05, 3.63) is 35.4 Å². The van der Waals surface area contributed by atoms with Crippen LogP contribution in [0.4, 0.5) is 0 Å². The molecule has 0 saturated carbocycles. The second-order valence-corrected chi connectivity index (χ2v) is 22.0. The molecule has 208 valence electrons. The number of hydrogen-bond donors (Lipinski definition) is 1. The number of hydrogen-bond acceptors (Lipinski definition) is 6. The van der Waals surface area contributed by atoms with Gasteiger partial charge in [0.15, 0.2) is 8.32 Å². The first-order valence-electron chi connectivity index (χ1n) is 12.5. The predicted octanol–water partition coefficient (Wildman–Crippen LogP) is 5.96. The van der Waals surface area contributed by atoms with E-state index >= 15 is 0 Å². The van der Waals surface area contributed by atoms with E-state index in [0.29, 0.717) is 0 Å². The van der Waals surface area contributed by atoms with Gasteiger partial charge in [0.1, 0.15) is 4.75 Å². The Balaban J connectivity index is 3.87. The number of benzene rings is 1. The molecule has 1 rings (SSSR count). The van der Waals surface area contributed by atoms with Crippen LogP contribution in [0.5, 0.6) is 0 Å². The molecule has 0 aliphatic rings. The topological polar surface area (TPSA) is 87.7 Å². The van der Waals surface area contributed by atoms with Crippen LogP contribution in [0, 0.1) is 6.92 Å². The molecule has 0 amide bonds. The van der Waals surface area contributed by atoms with Gasteiger partial charge in [0.25, 0.3) is 0 Å². The normalized spacial score (nSPS) is 17.7. The Morgan fingerprint density at radius 1 is 1.11 bits per heavy atom. The lowest BCUT2D eigenvalue weighted by molar-refractivity contribution is -0.142. The molecule has 0 radical (unpaired) electrons. The Hall–Kier alpha value is -0.713. The van der Waals surface area contributed by atoms with Gasteiger partial charge in [0, 0.05) is 26.9 Å². The van der Waals surface area contributed by atoms with Crippen LogP contribution in [0.3, 0.4) is 0 Å². The zero-order valence-corrected chi connectivity index (χ0v) is 27.2. The molecule has 3 unspecified atom stereocenters. The number of aryl methyl sites for hydroxylation is 1. The summed E-state index contributed by atoms with van der Waals surface area (Å²) < 4.78 is 41.8. The minimum absolute atomic E-state index is 0.0360. The summed E-state index contributed by atoms with van der Waals surface area (Å²) in [5, 5.41) is -0.701. The molecule has 5 atom stereocenters. The van der Waals surface area contributed by atoms with Gasteiger partial charge in [0.05, 0.1) is 30.9 Å². The minimum Gasteiger partial charge on any atom is -0.598 e. The maximum absolute atomic E-state index is 14.2. The van der Waals surface area contributed by atoms with Gasteiger partial charge < -0.3 is 13.7 Å².